The van der Waals surface area contributed by atoms with Gasteiger partial charge in [-0.05, 0) is 149 Å². The normalized spacial score (nSPS) is 21.4. The minimum Gasteiger partial charge on any atom is -0.489 e. The highest BCUT2D eigenvalue weighted by Gasteiger charge is 2.46. The van der Waals surface area contributed by atoms with Crippen LogP contribution < -0.4 is 42.0 Å². The maximum absolute atomic E-state index is 14.6. The zero-order valence-electron chi connectivity index (χ0n) is 46.3. The van der Waals surface area contributed by atoms with E-state index < -0.39 is 53.6 Å². The van der Waals surface area contributed by atoms with Crippen LogP contribution in [0.15, 0.2) is 97.1 Å². The molecule has 9 atom stereocenters. The molecule has 4 aromatic rings. The van der Waals surface area contributed by atoms with Crippen LogP contribution in [0.5, 0.6) is 5.75 Å². The van der Waals surface area contributed by atoms with Crippen LogP contribution >= 0.6 is 0 Å². The average molecular weight is 1070 g/mol. The number of aryl methyl sites for hydroxylation is 2. The molecule has 2 aliphatic carbocycles. The fourth-order valence-corrected chi connectivity index (χ4v) is 11.3. The van der Waals surface area contributed by atoms with Crippen molar-refractivity contribution in [1.29, 1.82) is 0 Å². The van der Waals surface area contributed by atoms with Crippen LogP contribution in [0.3, 0.4) is 0 Å². The van der Waals surface area contributed by atoms with E-state index in [1.807, 2.05) is 75.4 Å². The highest BCUT2D eigenvalue weighted by Crippen LogP contribution is 2.33. The number of nitrogens with one attached hydrogen (secondary N) is 7. The third-order valence-electron chi connectivity index (χ3n) is 16.1. The van der Waals surface area contributed by atoms with Gasteiger partial charge in [0.2, 0.25) is 35.4 Å². The third-order valence-corrected chi connectivity index (χ3v) is 16.1. The van der Waals surface area contributed by atoms with Gasteiger partial charge in [0, 0.05) is 31.1 Å². The molecule has 0 bridgehead atoms. The summed E-state index contributed by atoms with van der Waals surface area (Å²) in [6, 6.07) is 25.3. The first-order valence-corrected chi connectivity index (χ1v) is 27.9. The van der Waals surface area contributed by atoms with Crippen molar-refractivity contribution < 1.29 is 38.3 Å². The summed E-state index contributed by atoms with van der Waals surface area (Å²) in [6.07, 6.45) is 7.02. The molecule has 0 aromatic heterocycles. The minimum absolute atomic E-state index is 0.0773. The molecule has 7 amide bonds. The number of ether oxygens (including phenoxy) is 1. The largest absolute Gasteiger partial charge is 0.489 e. The van der Waals surface area contributed by atoms with Gasteiger partial charge in [0.1, 0.15) is 36.5 Å². The van der Waals surface area contributed by atoms with Gasteiger partial charge in [-0.3, -0.25) is 33.6 Å². The molecule has 78 heavy (non-hydrogen) atoms. The Kier molecular flexibility index (Phi) is 18.7. The van der Waals surface area contributed by atoms with Gasteiger partial charge in [0.05, 0.1) is 24.2 Å². The summed E-state index contributed by atoms with van der Waals surface area (Å²) >= 11 is 0. The Morgan fingerprint density at radius 1 is 0.615 bits per heavy atom. The zero-order valence-corrected chi connectivity index (χ0v) is 46.3. The molecule has 17 nitrogen and oxygen atoms in total. The molecule has 2 saturated heterocycles. The molecule has 4 aliphatic rings. The number of amides is 7. The number of likely N-dealkylation sites (N-methyl/N-ethyl adjacent to an activating group) is 2. The van der Waals surface area contributed by atoms with E-state index in [0.29, 0.717) is 30.7 Å². The van der Waals surface area contributed by atoms with Crippen LogP contribution in [0.1, 0.15) is 135 Å². The molecule has 416 valence electrons. The lowest BCUT2D eigenvalue weighted by molar-refractivity contribution is -0.144. The van der Waals surface area contributed by atoms with Gasteiger partial charge in [-0.1, -0.05) is 93.6 Å². The van der Waals surface area contributed by atoms with E-state index >= 15 is 0 Å². The van der Waals surface area contributed by atoms with Crippen LogP contribution in [-0.2, 0) is 54.6 Å². The molecule has 2 fully saturated rings. The Labute approximate surface area is 459 Å². The first kappa shape index (κ1) is 57.1. The second-order valence-electron chi connectivity index (χ2n) is 22.6. The molecule has 17 heteroatoms. The number of benzene rings is 4. The first-order chi connectivity index (χ1) is 37.4. The van der Waals surface area contributed by atoms with Crippen molar-refractivity contribution in [3.8, 4) is 5.75 Å². The fourth-order valence-electron chi connectivity index (χ4n) is 11.3. The van der Waals surface area contributed by atoms with E-state index in [1.165, 1.54) is 16.0 Å². The van der Waals surface area contributed by atoms with Crippen molar-refractivity contribution in [1.82, 2.24) is 47.0 Å². The van der Waals surface area contributed by atoms with Gasteiger partial charge >= 0.3 is 0 Å². The number of carbonyl (C=O) groups is 7. The van der Waals surface area contributed by atoms with Crippen molar-refractivity contribution in [2.45, 2.75) is 160 Å². The summed E-state index contributed by atoms with van der Waals surface area (Å²) in [5.74, 6) is -1.61. The van der Waals surface area contributed by atoms with Crippen molar-refractivity contribution in [2.24, 2.45) is 5.41 Å². The maximum Gasteiger partial charge on any atom is 0.251 e. The molecule has 4 aromatic carbocycles. The van der Waals surface area contributed by atoms with E-state index in [1.54, 1.807) is 57.1 Å². The molecule has 0 unspecified atom stereocenters. The summed E-state index contributed by atoms with van der Waals surface area (Å²) in [7, 11) is 3.35. The van der Waals surface area contributed by atoms with Crippen molar-refractivity contribution in [3.05, 3.63) is 136 Å². The number of likely N-dealkylation sites (tertiary alicyclic amines) is 2. The molecular weight excluding hydrogens is 987 g/mol. The summed E-state index contributed by atoms with van der Waals surface area (Å²) < 4.78 is 6.15. The molecule has 7 N–H and O–H groups in total. The fraction of sp³-hybridized carbons (Fsp3) is 0.492. The number of nitrogens with zero attached hydrogens (tertiary/aromatic N) is 2. The minimum atomic E-state index is -0.940. The lowest BCUT2D eigenvalue weighted by Gasteiger charge is -2.36. The predicted molar refractivity (Wildman–Crippen MR) is 298 cm³/mol. The first-order valence-electron chi connectivity index (χ1n) is 27.9. The zero-order chi connectivity index (χ0) is 55.7. The molecule has 2 heterocycles. The van der Waals surface area contributed by atoms with Crippen LogP contribution in [-0.4, -0.2) is 121 Å². The number of carbonyl (C=O) groups excluding carboxylic acids is 7. The Morgan fingerprint density at radius 2 is 1.17 bits per heavy atom. The standard InChI is InChI=1S/C61H79N9O8/c1-37(62-6)54(71)67-50(59(76)69-32-14-23-51(69)57(74)65-48-21-12-17-41-15-8-10-19-46(41)48)33-39-26-30-45(31-27-39)78-36-40-24-28-43(29-25-40)56(73)64-44-34-52(58(75)66-49-22-13-18-42-16-9-11-20-47(42)49)70(35-44)60(77)53(61(3,4)5)68-55(72)38(2)63-7/h8-11,15-16,19-20,24-31,37-38,44,48-53,62-63H,12-14,17-18,21-23,32-36H2,1-7H3,(H,64,73)(H,65,74)(H,66,75)(H,67,71)(H,68,72)/t37-,38-,44-,48+,49+,50-,51-,52-,53+/m0/s1. The lowest BCUT2D eigenvalue weighted by Crippen LogP contribution is -2.59. The van der Waals surface area contributed by atoms with Gasteiger partial charge in [-0.15, -0.1) is 0 Å². The summed E-state index contributed by atoms with van der Waals surface area (Å²) in [5.41, 5.74) is 5.93. The van der Waals surface area contributed by atoms with Gasteiger partial charge in [-0.2, -0.15) is 0 Å². The monoisotopic (exact) mass is 1070 g/mol. The molecule has 0 spiro atoms. The SMILES string of the molecule is CN[C@@H](C)C(=O)N[C@@H](Cc1ccc(OCc2ccc(C(=O)N[C@H]3C[C@@H](C(=O)N[C@@H]4CCCc5ccccc54)N(C(=O)[C@@H](NC(=O)[C@H](C)NC)C(C)(C)C)C3)cc2)cc1)C(=O)N1CCC[C@H]1C(=O)N[C@@H]1CCCc2ccccc21. The van der Waals surface area contributed by atoms with E-state index in [0.717, 1.165) is 60.8 Å². The quantitative estimate of drug-likeness (QED) is 0.0658. The van der Waals surface area contributed by atoms with Gasteiger partial charge in [-0.25, -0.2) is 0 Å². The summed E-state index contributed by atoms with van der Waals surface area (Å²) in [6.45, 7) is 9.75. The molecule has 8 rings (SSSR count). The van der Waals surface area contributed by atoms with Gasteiger partial charge < -0.3 is 51.8 Å². The average Bonchev–Trinajstić information content (AvgIpc) is 4.12. The third kappa shape index (κ3) is 13.8. The predicted octanol–water partition coefficient (Wildman–Crippen LogP) is 5.12. The Balaban J connectivity index is 0.886. The van der Waals surface area contributed by atoms with Gasteiger partial charge in [0.25, 0.3) is 5.91 Å². The Morgan fingerprint density at radius 3 is 1.74 bits per heavy atom. The number of rotatable bonds is 19. The molecule has 2 aliphatic heterocycles. The van der Waals surface area contributed by atoms with E-state index in [2.05, 4.69) is 55.4 Å². The number of fused-ring (bicyclic) bond motifs is 2. The van der Waals surface area contributed by atoms with Crippen molar-refractivity contribution in [3.63, 3.8) is 0 Å². The number of hydrogen-bond donors (Lipinski definition) is 7. The van der Waals surface area contributed by atoms with Crippen LogP contribution in [0.2, 0.25) is 0 Å². The second kappa shape index (κ2) is 25.6. The Hall–Kier alpha value is -7.11. The van der Waals surface area contributed by atoms with Crippen molar-refractivity contribution >= 4 is 41.4 Å². The van der Waals surface area contributed by atoms with Gasteiger partial charge in [0.15, 0.2) is 0 Å². The second-order valence-corrected chi connectivity index (χ2v) is 22.6. The van der Waals surface area contributed by atoms with E-state index in [4.69, 9.17) is 4.74 Å². The van der Waals surface area contributed by atoms with Crippen LogP contribution in [0, 0.1) is 5.41 Å². The summed E-state index contributed by atoms with van der Waals surface area (Å²) in [5, 5.41) is 21.3. The van der Waals surface area contributed by atoms with Crippen LogP contribution in [0.4, 0.5) is 0 Å². The van der Waals surface area contributed by atoms with E-state index in [-0.39, 0.29) is 73.5 Å². The topological polar surface area (TPSA) is 219 Å². The Bertz CT molecular complexity index is 2800. The highest BCUT2D eigenvalue weighted by atomic mass is 16.5. The maximum atomic E-state index is 14.6. The molecule has 0 saturated carbocycles. The highest BCUT2D eigenvalue weighted by molar-refractivity contribution is 5.97. The smallest absolute Gasteiger partial charge is 0.251 e. The van der Waals surface area contributed by atoms with E-state index in [9.17, 15) is 33.6 Å². The number of hydrogen-bond acceptors (Lipinski definition) is 10. The summed E-state index contributed by atoms with van der Waals surface area (Å²) in [4.78, 5) is 101. The van der Waals surface area contributed by atoms with Crippen LogP contribution in [0.25, 0.3) is 0 Å². The molecular formula is C61H79N9O8. The molecule has 0 radical (unpaired) electrons. The lowest BCUT2D eigenvalue weighted by atomic mass is 9.85. The van der Waals surface area contributed by atoms with Crippen molar-refractivity contribution in [2.75, 3.05) is 27.2 Å².